The fourth-order valence-electron chi connectivity index (χ4n) is 3.92. The highest BCUT2D eigenvalue weighted by atomic mass is 32.1. The van der Waals surface area contributed by atoms with E-state index in [1.807, 2.05) is 36.4 Å². The fourth-order valence-corrected chi connectivity index (χ4v) is 4.77. The Bertz CT molecular complexity index is 1180. The number of hydrogen-bond donors (Lipinski definition) is 3. The van der Waals surface area contributed by atoms with Crippen LogP contribution in [0.5, 0.6) is 0 Å². The van der Waals surface area contributed by atoms with Crippen LogP contribution in [0.25, 0.3) is 11.1 Å². The zero-order valence-electron chi connectivity index (χ0n) is 18.1. The molecule has 33 heavy (non-hydrogen) atoms. The Hall–Kier alpha value is -3.72. The summed E-state index contributed by atoms with van der Waals surface area (Å²) < 4.78 is 5.46. The van der Waals surface area contributed by atoms with Gasteiger partial charge in [0.1, 0.15) is 22.5 Å². The SMILES string of the molecule is Cc1nc(CNC(=O)[C@H](C)NC(=O)OCC2c3ccccc3-c3ccccc32)sc1C(=O)O. The van der Waals surface area contributed by atoms with Crippen LogP contribution < -0.4 is 10.6 Å². The molecule has 170 valence electrons. The number of aromatic carboxylic acids is 1. The number of carbonyl (C=O) groups excluding carboxylic acids is 2. The summed E-state index contributed by atoms with van der Waals surface area (Å²) in [5.74, 6) is -1.54. The Balaban J connectivity index is 1.30. The van der Waals surface area contributed by atoms with E-state index in [1.54, 1.807) is 13.8 Å². The number of fused-ring (bicyclic) bond motifs is 3. The van der Waals surface area contributed by atoms with Gasteiger partial charge in [-0.05, 0) is 36.1 Å². The molecule has 9 heteroatoms. The molecule has 0 unspecified atom stereocenters. The smallest absolute Gasteiger partial charge is 0.407 e. The van der Waals surface area contributed by atoms with Crippen molar-refractivity contribution in [3.63, 3.8) is 0 Å². The summed E-state index contributed by atoms with van der Waals surface area (Å²) in [7, 11) is 0. The highest BCUT2D eigenvalue weighted by molar-refractivity contribution is 7.13. The maximum atomic E-state index is 12.3. The summed E-state index contributed by atoms with van der Waals surface area (Å²) in [6.45, 7) is 3.39. The van der Waals surface area contributed by atoms with Crippen molar-refractivity contribution in [3.8, 4) is 11.1 Å². The van der Waals surface area contributed by atoms with Crippen molar-refractivity contribution in [3.05, 3.63) is 75.2 Å². The number of carboxylic acid groups (broad SMARTS) is 1. The molecule has 0 saturated carbocycles. The van der Waals surface area contributed by atoms with Crippen LogP contribution in [0.4, 0.5) is 4.79 Å². The average Bonchev–Trinajstić information content (AvgIpc) is 3.33. The van der Waals surface area contributed by atoms with Gasteiger partial charge in [-0.1, -0.05) is 48.5 Å². The molecule has 0 saturated heterocycles. The van der Waals surface area contributed by atoms with Crippen molar-refractivity contribution in [2.45, 2.75) is 32.4 Å². The van der Waals surface area contributed by atoms with Crippen LogP contribution in [-0.2, 0) is 16.1 Å². The first kappa shape index (κ1) is 22.5. The number of aromatic nitrogens is 1. The monoisotopic (exact) mass is 465 g/mol. The highest BCUT2D eigenvalue weighted by Crippen LogP contribution is 2.44. The lowest BCUT2D eigenvalue weighted by Crippen LogP contribution is -2.45. The van der Waals surface area contributed by atoms with Crippen LogP contribution in [0.1, 0.15) is 44.3 Å². The second-order valence-corrected chi connectivity index (χ2v) is 8.82. The molecule has 0 aliphatic heterocycles. The van der Waals surface area contributed by atoms with Gasteiger partial charge in [0.25, 0.3) is 0 Å². The Morgan fingerprint density at radius 1 is 1.09 bits per heavy atom. The van der Waals surface area contributed by atoms with E-state index in [1.165, 1.54) is 0 Å². The zero-order chi connectivity index (χ0) is 23.5. The normalized spacial score (nSPS) is 13.0. The molecular weight excluding hydrogens is 442 g/mol. The van der Waals surface area contributed by atoms with Gasteiger partial charge in [0.15, 0.2) is 0 Å². The van der Waals surface area contributed by atoms with Gasteiger partial charge < -0.3 is 20.5 Å². The van der Waals surface area contributed by atoms with Crippen LogP contribution in [0.15, 0.2) is 48.5 Å². The molecule has 8 nitrogen and oxygen atoms in total. The van der Waals surface area contributed by atoms with Gasteiger partial charge in [0.05, 0.1) is 12.2 Å². The van der Waals surface area contributed by atoms with Gasteiger partial charge in [0, 0.05) is 5.92 Å². The van der Waals surface area contributed by atoms with Crippen LogP contribution in [0, 0.1) is 6.92 Å². The number of ether oxygens (including phenoxy) is 1. The summed E-state index contributed by atoms with van der Waals surface area (Å²) in [6, 6.07) is 15.3. The van der Waals surface area contributed by atoms with E-state index in [0.29, 0.717) is 10.7 Å². The first-order valence-corrected chi connectivity index (χ1v) is 11.3. The Morgan fingerprint density at radius 3 is 2.27 bits per heavy atom. The van der Waals surface area contributed by atoms with E-state index in [4.69, 9.17) is 9.84 Å². The molecule has 0 spiro atoms. The molecule has 3 aromatic rings. The number of rotatable bonds is 7. The molecule has 0 fully saturated rings. The molecule has 3 N–H and O–H groups in total. The second-order valence-electron chi connectivity index (χ2n) is 7.74. The predicted molar refractivity (Wildman–Crippen MR) is 123 cm³/mol. The van der Waals surface area contributed by atoms with E-state index in [-0.39, 0.29) is 23.9 Å². The number of alkyl carbamates (subject to hydrolysis) is 1. The molecule has 0 radical (unpaired) electrons. The van der Waals surface area contributed by atoms with E-state index in [2.05, 4.69) is 27.8 Å². The minimum Gasteiger partial charge on any atom is -0.477 e. The lowest BCUT2D eigenvalue weighted by Gasteiger charge is -2.17. The molecular formula is C24H23N3O5S. The zero-order valence-corrected chi connectivity index (χ0v) is 18.9. The van der Waals surface area contributed by atoms with Crippen molar-refractivity contribution in [2.24, 2.45) is 0 Å². The van der Waals surface area contributed by atoms with E-state index in [9.17, 15) is 14.4 Å². The number of thiazole rings is 1. The summed E-state index contributed by atoms with van der Waals surface area (Å²) in [4.78, 5) is 40.1. The van der Waals surface area contributed by atoms with Gasteiger partial charge >= 0.3 is 12.1 Å². The summed E-state index contributed by atoms with van der Waals surface area (Å²) >= 11 is 1.01. The standard InChI is InChI=1S/C24H23N3O5S/c1-13-21(23(29)30)33-20(26-13)11-25-22(28)14(2)27-24(31)32-12-19-17-9-5-3-7-15(17)16-8-4-6-10-18(16)19/h3-10,14,19H,11-12H2,1-2H3,(H,25,28)(H,27,31)(H,29,30)/t14-/m0/s1. The molecule has 1 aliphatic carbocycles. The van der Waals surface area contributed by atoms with Crippen LogP contribution in [0.3, 0.4) is 0 Å². The maximum absolute atomic E-state index is 12.3. The van der Waals surface area contributed by atoms with Crippen LogP contribution in [0.2, 0.25) is 0 Å². The van der Waals surface area contributed by atoms with Crippen molar-refractivity contribution >= 4 is 29.3 Å². The minimum absolute atomic E-state index is 0.0659. The van der Waals surface area contributed by atoms with Gasteiger partial charge in [-0.2, -0.15) is 0 Å². The van der Waals surface area contributed by atoms with Gasteiger partial charge in [0.2, 0.25) is 5.91 Å². The topological polar surface area (TPSA) is 118 Å². The molecule has 2 amide bonds. The van der Waals surface area contributed by atoms with Crippen molar-refractivity contribution in [2.75, 3.05) is 6.61 Å². The largest absolute Gasteiger partial charge is 0.477 e. The van der Waals surface area contributed by atoms with Crippen molar-refractivity contribution in [1.82, 2.24) is 15.6 Å². The third-order valence-corrected chi connectivity index (χ3v) is 6.67. The molecule has 1 atom stereocenters. The first-order valence-electron chi connectivity index (χ1n) is 10.4. The van der Waals surface area contributed by atoms with Gasteiger partial charge in [-0.15, -0.1) is 11.3 Å². The third-order valence-electron chi connectivity index (χ3n) is 5.52. The number of aryl methyl sites for hydroxylation is 1. The Morgan fingerprint density at radius 2 is 1.70 bits per heavy atom. The summed E-state index contributed by atoms with van der Waals surface area (Å²) in [5.41, 5.74) is 4.90. The number of carbonyl (C=O) groups is 3. The van der Waals surface area contributed by atoms with Gasteiger partial charge in [-0.25, -0.2) is 14.6 Å². The maximum Gasteiger partial charge on any atom is 0.407 e. The van der Waals surface area contributed by atoms with E-state index in [0.717, 1.165) is 33.6 Å². The average molecular weight is 466 g/mol. The summed E-state index contributed by atoms with van der Waals surface area (Å²) in [5, 5.41) is 14.8. The molecule has 1 aromatic heterocycles. The van der Waals surface area contributed by atoms with Crippen molar-refractivity contribution < 1.29 is 24.2 Å². The number of nitrogens with one attached hydrogen (secondary N) is 2. The summed E-state index contributed by atoms with van der Waals surface area (Å²) in [6.07, 6.45) is -0.683. The third kappa shape index (κ3) is 4.73. The van der Waals surface area contributed by atoms with E-state index >= 15 is 0 Å². The molecule has 1 heterocycles. The number of hydrogen-bond acceptors (Lipinski definition) is 6. The molecule has 0 bridgehead atoms. The van der Waals surface area contributed by atoms with Crippen molar-refractivity contribution in [1.29, 1.82) is 0 Å². The van der Waals surface area contributed by atoms with Crippen LogP contribution >= 0.6 is 11.3 Å². The lowest BCUT2D eigenvalue weighted by molar-refractivity contribution is -0.122. The Labute approximate surface area is 194 Å². The first-order chi connectivity index (χ1) is 15.8. The number of carboxylic acids is 1. The fraction of sp³-hybridized carbons (Fsp3) is 0.250. The number of amides is 2. The Kier molecular flexibility index (Phi) is 6.41. The van der Waals surface area contributed by atoms with E-state index < -0.39 is 24.0 Å². The minimum atomic E-state index is -1.05. The molecule has 4 rings (SSSR count). The van der Waals surface area contributed by atoms with Crippen LogP contribution in [-0.4, -0.2) is 40.7 Å². The second kappa shape index (κ2) is 9.41. The lowest BCUT2D eigenvalue weighted by atomic mass is 9.98. The molecule has 1 aliphatic rings. The molecule has 2 aromatic carbocycles. The highest BCUT2D eigenvalue weighted by Gasteiger charge is 2.29. The number of benzene rings is 2. The number of nitrogens with zero attached hydrogens (tertiary/aromatic N) is 1. The quantitative estimate of drug-likeness (QED) is 0.490. The van der Waals surface area contributed by atoms with Gasteiger partial charge in [-0.3, -0.25) is 4.79 Å². The predicted octanol–water partition coefficient (Wildman–Crippen LogP) is 3.69.